The lowest BCUT2D eigenvalue weighted by atomic mass is 10.1. The molecule has 1 aliphatic heterocycles. The Morgan fingerprint density at radius 2 is 2.29 bits per heavy atom. The molecule has 2 heterocycles. The van der Waals surface area contributed by atoms with E-state index >= 15 is 0 Å². The lowest BCUT2D eigenvalue weighted by Gasteiger charge is -2.15. The average molecular weight is 328 g/mol. The summed E-state index contributed by atoms with van der Waals surface area (Å²) in [5, 5.41) is 10.3. The zero-order chi connectivity index (χ0) is 16.9. The van der Waals surface area contributed by atoms with E-state index < -0.39 is 0 Å². The summed E-state index contributed by atoms with van der Waals surface area (Å²) in [6, 6.07) is 9.38. The Balaban J connectivity index is 1.48. The normalized spacial score (nSPS) is 17.8. The first kappa shape index (κ1) is 16.5. The topological polar surface area (TPSA) is 70.2 Å². The second-order valence-electron chi connectivity index (χ2n) is 6.34. The van der Waals surface area contributed by atoms with Crippen LogP contribution in [0.2, 0.25) is 0 Å². The minimum absolute atomic E-state index is 0.0752. The zero-order valence-electron chi connectivity index (χ0n) is 14.2. The second kappa shape index (κ2) is 7.49. The fraction of sp³-hybridized carbons (Fsp3) is 0.444. The number of ether oxygens (including phenoxy) is 1. The molecule has 1 aromatic carbocycles. The number of rotatable bonds is 6. The van der Waals surface area contributed by atoms with Gasteiger partial charge in [-0.25, -0.2) is 0 Å². The second-order valence-corrected chi connectivity index (χ2v) is 6.34. The summed E-state index contributed by atoms with van der Waals surface area (Å²) in [5.74, 6) is 1.01. The molecule has 0 radical (unpaired) electrons. The molecule has 0 bridgehead atoms. The Morgan fingerprint density at radius 1 is 1.46 bits per heavy atom. The lowest BCUT2D eigenvalue weighted by molar-refractivity contribution is 0.0944. The molecule has 6 nitrogen and oxygen atoms in total. The highest BCUT2D eigenvalue weighted by molar-refractivity contribution is 5.96. The minimum atomic E-state index is -0.0752. The molecule has 0 saturated carbocycles. The molecule has 24 heavy (non-hydrogen) atoms. The first-order chi connectivity index (χ1) is 11.7. The highest BCUT2D eigenvalue weighted by Gasteiger charge is 2.24. The molecule has 6 heteroatoms. The van der Waals surface area contributed by atoms with Crippen molar-refractivity contribution >= 4 is 5.91 Å². The van der Waals surface area contributed by atoms with Crippen molar-refractivity contribution in [2.75, 3.05) is 26.7 Å². The van der Waals surface area contributed by atoms with Crippen LogP contribution in [0.3, 0.4) is 0 Å². The first-order valence-corrected chi connectivity index (χ1v) is 8.30. The van der Waals surface area contributed by atoms with Crippen molar-refractivity contribution in [3.05, 3.63) is 47.3 Å². The largest absolute Gasteiger partial charge is 0.496 e. The van der Waals surface area contributed by atoms with E-state index in [1.54, 1.807) is 19.2 Å². The molecule has 3 rings (SSSR count). The van der Waals surface area contributed by atoms with Crippen LogP contribution in [0, 0.1) is 12.8 Å². The number of aromatic nitrogens is 2. The maximum Gasteiger partial charge on any atom is 0.255 e. The summed E-state index contributed by atoms with van der Waals surface area (Å²) >= 11 is 0. The molecule has 1 unspecified atom stereocenters. The molecular formula is C18H24N4O2. The van der Waals surface area contributed by atoms with Crippen molar-refractivity contribution in [1.29, 1.82) is 0 Å². The molecule has 1 aliphatic rings. The highest BCUT2D eigenvalue weighted by atomic mass is 16.5. The Bertz CT molecular complexity index is 698. The SMILES string of the molecule is COc1ccccc1C(=O)NCC1CCN(Cc2cc(C)[nH]n2)C1. The van der Waals surface area contributed by atoms with Crippen molar-refractivity contribution in [3.63, 3.8) is 0 Å². The van der Waals surface area contributed by atoms with E-state index in [9.17, 15) is 4.79 Å². The van der Waals surface area contributed by atoms with Crippen LogP contribution in [-0.2, 0) is 6.54 Å². The number of hydrogen-bond acceptors (Lipinski definition) is 4. The van der Waals surface area contributed by atoms with E-state index in [2.05, 4.69) is 26.5 Å². The van der Waals surface area contributed by atoms with Gasteiger partial charge in [0.05, 0.1) is 18.4 Å². The number of nitrogens with one attached hydrogen (secondary N) is 2. The Kier molecular flexibility index (Phi) is 5.15. The van der Waals surface area contributed by atoms with Crippen molar-refractivity contribution in [1.82, 2.24) is 20.4 Å². The maximum absolute atomic E-state index is 12.3. The van der Waals surface area contributed by atoms with Gasteiger partial charge in [-0.15, -0.1) is 0 Å². The number of H-pyrrole nitrogens is 1. The van der Waals surface area contributed by atoms with E-state index in [1.807, 2.05) is 19.1 Å². The van der Waals surface area contributed by atoms with Gasteiger partial charge in [0.1, 0.15) is 5.75 Å². The number of aromatic amines is 1. The zero-order valence-corrected chi connectivity index (χ0v) is 14.2. The number of para-hydroxylation sites is 1. The summed E-state index contributed by atoms with van der Waals surface area (Å²) in [7, 11) is 1.58. The summed E-state index contributed by atoms with van der Waals surface area (Å²) in [6.07, 6.45) is 1.09. The van der Waals surface area contributed by atoms with Gasteiger partial charge in [-0.05, 0) is 44.0 Å². The fourth-order valence-corrected chi connectivity index (χ4v) is 3.17. The van der Waals surface area contributed by atoms with Crippen molar-refractivity contribution in [3.8, 4) is 5.75 Å². The van der Waals surface area contributed by atoms with Crippen LogP contribution >= 0.6 is 0 Å². The minimum Gasteiger partial charge on any atom is -0.496 e. The smallest absolute Gasteiger partial charge is 0.255 e. The highest BCUT2D eigenvalue weighted by Crippen LogP contribution is 2.19. The molecule has 0 aliphatic carbocycles. The standard InChI is InChI=1S/C18H24N4O2/c1-13-9-15(21-20-13)12-22-8-7-14(11-22)10-19-18(23)16-5-3-4-6-17(16)24-2/h3-6,9,14H,7-8,10-12H2,1-2H3,(H,19,23)(H,20,21). The van der Waals surface area contributed by atoms with E-state index in [0.29, 0.717) is 23.8 Å². The molecule has 2 N–H and O–H groups in total. The number of likely N-dealkylation sites (tertiary alicyclic amines) is 1. The molecule has 128 valence electrons. The molecule has 1 saturated heterocycles. The van der Waals surface area contributed by atoms with E-state index in [-0.39, 0.29) is 5.91 Å². The van der Waals surface area contributed by atoms with E-state index in [1.165, 1.54) is 0 Å². The predicted octanol–water partition coefficient (Wildman–Crippen LogP) is 1.98. The van der Waals surface area contributed by atoms with E-state index in [0.717, 1.165) is 37.4 Å². The van der Waals surface area contributed by atoms with Gasteiger partial charge < -0.3 is 10.1 Å². The number of aryl methyl sites for hydroxylation is 1. The number of hydrogen-bond donors (Lipinski definition) is 2. The van der Waals surface area contributed by atoms with Gasteiger partial charge in [-0.1, -0.05) is 12.1 Å². The number of benzene rings is 1. The Labute approximate surface area is 142 Å². The number of amides is 1. The van der Waals surface area contributed by atoms with Crippen LogP contribution < -0.4 is 10.1 Å². The average Bonchev–Trinajstić information content (AvgIpc) is 3.21. The van der Waals surface area contributed by atoms with Gasteiger partial charge in [0.25, 0.3) is 5.91 Å². The summed E-state index contributed by atoms with van der Waals surface area (Å²) in [5.41, 5.74) is 2.75. The molecule has 1 atom stereocenters. The summed E-state index contributed by atoms with van der Waals surface area (Å²) in [6.45, 7) is 5.59. The quantitative estimate of drug-likeness (QED) is 0.851. The molecule has 0 spiro atoms. The number of nitrogens with zero attached hydrogens (tertiary/aromatic N) is 2. The van der Waals surface area contributed by atoms with Crippen LogP contribution in [0.4, 0.5) is 0 Å². The first-order valence-electron chi connectivity index (χ1n) is 8.30. The maximum atomic E-state index is 12.3. The third-order valence-corrected chi connectivity index (χ3v) is 4.42. The molecular weight excluding hydrogens is 304 g/mol. The van der Waals surface area contributed by atoms with Crippen LogP contribution in [-0.4, -0.2) is 47.7 Å². The molecule has 2 aromatic rings. The third-order valence-electron chi connectivity index (χ3n) is 4.42. The van der Waals surface area contributed by atoms with Gasteiger partial charge in [-0.3, -0.25) is 14.8 Å². The summed E-state index contributed by atoms with van der Waals surface area (Å²) in [4.78, 5) is 14.7. The third kappa shape index (κ3) is 3.94. The van der Waals surface area contributed by atoms with Crippen LogP contribution in [0.5, 0.6) is 5.75 Å². The van der Waals surface area contributed by atoms with Gasteiger partial charge in [0.2, 0.25) is 0 Å². The van der Waals surface area contributed by atoms with Gasteiger partial charge in [-0.2, -0.15) is 5.10 Å². The Morgan fingerprint density at radius 3 is 3.04 bits per heavy atom. The lowest BCUT2D eigenvalue weighted by Crippen LogP contribution is -2.31. The van der Waals surface area contributed by atoms with Crippen LogP contribution in [0.15, 0.2) is 30.3 Å². The number of methoxy groups -OCH3 is 1. The predicted molar refractivity (Wildman–Crippen MR) is 92.0 cm³/mol. The Hall–Kier alpha value is -2.34. The number of carbonyl (C=O) groups is 1. The van der Waals surface area contributed by atoms with Gasteiger partial charge in [0, 0.05) is 25.3 Å². The van der Waals surface area contributed by atoms with E-state index in [4.69, 9.17) is 4.74 Å². The summed E-state index contributed by atoms with van der Waals surface area (Å²) < 4.78 is 5.24. The monoisotopic (exact) mass is 328 g/mol. The van der Waals surface area contributed by atoms with Crippen LogP contribution in [0.25, 0.3) is 0 Å². The fourth-order valence-electron chi connectivity index (χ4n) is 3.17. The molecule has 1 fully saturated rings. The number of carbonyl (C=O) groups excluding carboxylic acids is 1. The van der Waals surface area contributed by atoms with Gasteiger partial charge >= 0.3 is 0 Å². The van der Waals surface area contributed by atoms with Crippen LogP contribution in [0.1, 0.15) is 28.2 Å². The van der Waals surface area contributed by atoms with Crippen molar-refractivity contribution in [2.45, 2.75) is 19.9 Å². The molecule has 1 aromatic heterocycles. The van der Waals surface area contributed by atoms with Crippen molar-refractivity contribution in [2.24, 2.45) is 5.92 Å². The van der Waals surface area contributed by atoms with Crippen molar-refractivity contribution < 1.29 is 9.53 Å². The van der Waals surface area contributed by atoms with Gasteiger partial charge in [0.15, 0.2) is 0 Å². The molecule has 1 amide bonds.